The van der Waals surface area contributed by atoms with Gasteiger partial charge in [-0.25, -0.2) is 0 Å². The first kappa shape index (κ1) is 37.9. The van der Waals surface area contributed by atoms with Crippen LogP contribution in [0, 0.1) is 30.6 Å². The highest BCUT2D eigenvalue weighted by molar-refractivity contribution is 5.71. The van der Waals surface area contributed by atoms with Crippen LogP contribution < -0.4 is 0 Å². The summed E-state index contributed by atoms with van der Waals surface area (Å²) in [5, 5.41) is 0. The second-order valence-electron chi connectivity index (χ2n) is 9.45. The maximum atomic E-state index is 3.92. The topological polar surface area (TPSA) is 0 Å². The molecular weight excluding hydrogens is 528 g/mol. The van der Waals surface area contributed by atoms with Gasteiger partial charge in [-0.1, -0.05) is 179 Å². The van der Waals surface area contributed by atoms with Gasteiger partial charge in [-0.15, -0.1) is 0 Å². The van der Waals surface area contributed by atoms with E-state index >= 15 is 0 Å². The third kappa shape index (κ3) is 11.2. The van der Waals surface area contributed by atoms with Crippen LogP contribution in [0.2, 0.25) is 0 Å². The van der Waals surface area contributed by atoms with E-state index in [1.54, 1.807) is 0 Å². The maximum absolute atomic E-state index is 3.92. The minimum Gasteiger partial charge on any atom is -0.0991 e. The van der Waals surface area contributed by atoms with Crippen LogP contribution in [0.3, 0.4) is 0 Å². The SMILES string of the molecule is C=C/C=C\C(=C/C)C(C1=C[CH]1)(C(/C=C\CC#C[CH]/C=C/C=C/C)=C/C)c1ccc([C]2C=C2C/C=C/C=C/C)cc1.CC.CC.[HH]. The number of benzene rings is 1. The molecule has 1 unspecified atom stereocenters. The maximum Gasteiger partial charge on any atom is 0.0661 e. The fourth-order valence-electron chi connectivity index (χ4n) is 4.84. The lowest BCUT2D eigenvalue weighted by atomic mass is 9.65. The molecule has 1 aromatic carbocycles. The third-order valence-corrected chi connectivity index (χ3v) is 6.87. The molecule has 0 spiro atoms. The minimum atomic E-state index is -0.396. The van der Waals surface area contributed by atoms with E-state index in [1.807, 2.05) is 84.4 Å². The van der Waals surface area contributed by atoms with Gasteiger partial charge in [-0.05, 0) is 62.0 Å². The summed E-state index contributed by atoms with van der Waals surface area (Å²) in [5.74, 6) is 7.71. The Morgan fingerprint density at radius 2 is 1.43 bits per heavy atom. The van der Waals surface area contributed by atoms with Gasteiger partial charge in [0.15, 0.2) is 0 Å². The summed E-state index contributed by atoms with van der Waals surface area (Å²) in [6.45, 7) is 20.2. The van der Waals surface area contributed by atoms with Gasteiger partial charge in [-0.2, -0.15) is 0 Å². The first-order chi connectivity index (χ1) is 21.7. The van der Waals surface area contributed by atoms with Crippen molar-refractivity contribution in [2.24, 2.45) is 0 Å². The summed E-state index contributed by atoms with van der Waals surface area (Å²) in [6, 6.07) is 9.13. The van der Waals surface area contributed by atoms with Gasteiger partial charge in [0.05, 0.1) is 17.8 Å². The van der Waals surface area contributed by atoms with Crippen molar-refractivity contribution in [2.45, 2.75) is 73.6 Å². The molecule has 0 bridgehead atoms. The summed E-state index contributed by atoms with van der Waals surface area (Å²) >= 11 is 0. The summed E-state index contributed by atoms with van der Waals surface area (Å²) in [4.78, 5) is 0. The molecule has 1 atom stereocenters. The van der Waals surface area contributed by atoms with Crippen LogP contribution in [0.5, 0.6) is 0 Å². The minimum absolute atomic E-state index is 0. The van der Waals surface area contributed by atoms with E-state index < -0.39 is 5.41 Å². The van der Waals surface area contributed by atoms with Gasteiger partial charge in [0.1, 0.15) is 0 Å². The van der Waals surface area contributed by atoms with Crippen molar-refractivity contribution in [2.75, 3.05) is 0 Å². The Bertz CT molecular complexity index is 1380. The molecule has 2 aliphatic rings. The summed E-state index contributed by atoms with van der Waals surface area (Å²) < 4.78 is 0. The lowest BCUT2D eigenvalue weighted by Gasteiger charge is -2.36. The molecule has 0 aromatic heterocycles. The van der Waals surface area contributed by atoms with Crippen LogP contribution in [0.1, 0.15) is 80.8 Å². The molecule has 44 heavy (non-hydrogen) atoms. The first-order valence-electron chi connectivity index (χ1n) is 16.1. The highest BCUT2D eigenvalue weighted by Gasteiger charge is 2.44. The Morgan fingerprint density at radius 1 is 0.795 bits per heavy atom. The van der Waals surface area contributed by atoms with Crippen LogP contribution in [-0.2, 0) is 5.41 Å². The molecular formula is C44H55. The Hall–Kier alpha value is -4.08. The number of hydrogen-bond acceptors (Lipinski definition) is 0. The molecule has 1 aromatic rings. The van der Waals surface area contributed by atoms with Crippen molar-refractivity contribution in [1.82, 2.24) is 0 Å². The Morgan fingerprint density at radius 3 is 2.02 bits per heavy atom. The van der Waals surface area contributed by atoms with Crippen LogP contribution in [-0.4, -0.2) is 0 Å². The molecule has 0 fully saturated rings. The predicted molar refractivity (Wildman–Crippen MR) is 201 cm³/mol. The zero-order valence-electron chi connectivity index (χ0n) is 28.4. The number of hydrogen-bond donors (Lipinski definition) is 0. The van der Waals surface area contributed by atoms with E-state index in [2.05, 4.69) is 130 Å². The van der Waals surface area contributed by atoms with Gasteiger partial charge < -0.3 is 0 Å². The van der Waals surface area contributed by atoms with Crippen molar-refractivity contribution >= 4 is 0 Å². The van der Waals surface area contributed by atoms with E-state index in [-0.39, 0.29) is 1.43 Å². The summed E-state index contributed by atoms with van der Waals surface area (Å²) in [5.41, 5.74) is 7.30. The molecule has 0 aliphatic heterocycles. The number of allylic oxidation sites excluding steroid dienone is 21. The van der Waals surface area contributed by atoms with Crippen molar-refractivity contribution in [3.63, 3.8) is 0 Å². The van der Waals surface area contributed by atoms with Crippen LogP contribution in [0.15, 0.2) is 156 Å². The van der Waals surface area contributed by atoms with Gasteiger partial charge in [0, 0.05) is 14.3 Å². The van der Waals surface area contributed by atoms with Crippen molar-refractivity contribution in [3.8, 4) is 11.8 Å². The molecule has 3 rings (SSSR count). The summed E-state index contributed by atoms with van der Waals surface area (Å²) in [7, 11) is 0. The fourth-order valence-corrected chi connectivity index (χ4v) is 4.84. The Labute approximate surface area is 272 Å². The van der Waals surface area contributed by atoms with Crippen LogP contribution >= 0.6 is 0 Å². The molecule has 2 aliphatic carbocycles. The average molecular weight is 584 g/mol. The molecule has 3 radical (unpaired) electrons. The molecule has 0 heterocycles. The fraction of sp³-hybridized carbons (Fsp3) is 0.250. The lowest BCUT2D eigenvalue weighted by Crippen LogP contribution is -2.30. The zero-order valence-corrected chi connectivity index (χ0v) is 28.4. The smallest absolute Gasteiger partial charge is 0.0661 e. The highest BCUT2D eigenvalue weighted by Crippen LogP contribution is 2.52. The van der Waals surface area contributed by atoms with E-state index in [1.165, 1.54) is 39.3 Å². The Kier molecular flexibility index (Phi) is 19.4. The quantitative estimate of drug-likeness (QED) is 0.151. The first-order valence-corrected chi connectivity index (χ1v) is 16.1. The number of rotatable bonds is 14. The molecule has 231 valence electrons. The molecule has 0 nitrogen and oxygen atoms in total. The third-order valence-electron chi connectivity index (χ3n) is 6.87. The van der Waals surface area contributed by atoms with Crippen LogP contribution in [0.25, 0.3) is 0 Å². The van der Waals surface area contributed by atoms with E-state index in [4.69, 9.17) is 0 Å². The monoisotopic (exact) mass is 583 g/mol. The second kappa shape index (κ2) is 22.5. The molecule has 0 heteroatoms. The van der Waals surface area contributed by atoms with Crippen LogP contribution in [0.4, 0.5) is 0 Å². The standard InChI is InChI=1S/C40H41.2C2H6.H2/c1-6-11-14-16-17-18-19-20-22-25-36(10-5)40(38-30-31-38,35(9-4)24-13-8-3)37-28-26-33(27-29-37)39-32-34(39)23-21-15-12-7-2;2*1-2;/h6-17,21-22,24-32H,3,20,23H2,1-2,4-5H3;2*1-2H3;1H/b11-6+,12-7+,16-14+,21-15+,24-13-,25-22-,35-9+,36-10+;;;. The second-order valence-corrected chi connectivity index (χ2v) is 9.45. The zero-order chi connectivity index (χ0) is 32.6. The van der Waals surface area contributed by atoms with Crippen molar-refractivity contribution < 1.29 is 1.43 Å². The highest BCUT2D eigenvalue weighted by atomic mass is 14.5. The summed E-state index contributed by atoms with van der Waals surface area (Å²) in [6.07, 6.45) is 41.6. The Balaban J connectivity index is 0.00000372. The molecule has 0 N–H and O–H groups in total. The molecule has 0 amide bonds. The lowest BCUT2D eigenvalue weighted by molar-refractivity contribution is 0.752. The van der Waals surface area contributed by atoms with E-state index in [0.29, 0.717) is 6.42 Å². The molecule has 0 saturated carbocycles. The van der Waals surface area contributed by atoms with E-state index in [0.717, 1.165) is 6.42 Å². The van der Waals surface area contributed by atoms with Crippen molar-refractivity contribution in [3.05, 3.63) is 186 Å². The largest absolute Gasteiger partial charge is 0.0991 e. The van der Waals surface area contributed by atoms with E-state index in [9.17, 15) is 0 Å². The van der Waals surface area contributed by atoms with Crippen molar-refractivity contribution in [1.29, 1.82) is 0 Å². The average Bonchev–Trinajstić information content (AvgIpc) is 4.01. The molecule has 0 saturated heterocycles. The predicted octanol–water partition coefficient (Wildman–Crippen LogP) is 12.7. The normalized spacial score (nSPS) is 16.4. The van der Waals surface area contributed by atoms with Gasteiger partial charge in [-0.3, -0.25) is 0 Å². The van der Waals surface area contributed by atoms with Gasteiger partial charge in [0.2, 0.25) is 0 Å². The van der Waals surface area contributed by atoms with Gasteiger partial charge in [0.25, 0.3) is 0 Å². The van der Waals surface area contributed by atoms with Gasteiger partial charge >= 0.3 is 0 Å².